The van der Waals surface area contributed by atoms with Crippen LogP contribution in [0.15, 0.2) is 18.2 Å². The van der Waals surface area contributed by atoms with Crippen LogP contribution in [0.3, 0.4) is 0 Å². The Bertz CT molecular complexity index is 615. The summed E-state index contributed by atoms with van der Waals surface area (Å²) in [4.78, 5) is 0. The number of hydrogen-bond donors (Lipinski definition) is 1. The van der Waals surface area contributed by atoms with Crippen molar-refractivity contribution in [2.24, 2.45) is 11.8 Å². The summed E-state index contributed by atoms with van der Waals surface area (Å²) in [7, 11) is 0. The largest absolute Gasteiger partial charge is 0.381 e. The maximum Gasteiger partial charge on any atom is 0.0892 e. The predicted octanol–water partition coefficient (Wildman–Crippen LogP) is 6.58. The minimum Gasteiger partial charge on any atom is -0.381 e. The van der Waals surface area contributed by atoms with E-state index in [9.17, 15) is 0 Å². The molecule has 26 heavy (non-hydrogen) atoms. The van der Waals surface area contributed by atoms with E-state index in [4.69, 9.17) is 4.74 Å². The van der Waals surface area contributed by atoms with Crippen LogP contribution < -0.4 is 5.32 Å². The number of fused-ring (bicyclic) bond motifs is 3. The lowest BCUT2D eigenvalue weighted by Gasteiger charge is -2.47. The molecule has 2 heteroatoms. The van der Waals surface area contributed by atoms with Gasteiger partial charge in [-0.1, -0.05) is 50.7 Å². The second-order valence-corrected chi connectivity index (χ2v) is 9.35. The van der Waals surface area contributed by atoms with Gasteiger partial charge in [0.2, 0.25) is 0 Å². The molecule has 4 aliphatic rings. The normalized spacial score (nSPS) is 33.2. The topological polar surface area (TPSA) is 21.3 Å². The van der Waals surface area contributed by atoms with Gasteiger partial charge in [-0.3, -0.25) is 0 Å². The summed E-state index contributed by atoms with van der Waals surface area (Å²) in [6.07, 6.45) is 17.0. The van der Waals surface area contributed by atoms with E-state index in [2.05, 4.69) is 23.5 Å². The number of benzene rings is 1. The molecule has 0 unspecified atom stereocenters. The fourth-order valence-electron chi connectivity index (χ4n) is 6.38. The number of rotatable bonds is 2. The van der Waals surface area contributed by atoms with Crippen LogP contribution >= 0.6 is 0 Å². The van der Waals surface area contributed by atoms with Crippen LogP contribution in [0, 0.1) is 11.8 Å². The Kier molecular flexibility index (Phi) is 4.96. The standard InChI is InChI=1S/C24H35NO/c1-3-8-17(9-4-1)19-13-14-22-21(16-19)24-20(12-7-15-26-24)23(25-22)18-10-5-2-6-11-18/h13-14,16-18,20,23-25H,1-12,15H2/t20-,23+,24-/m0/s1. The molecule has 2 heterocycles. The Balaban J connectivity index is 1.45. The Morgan fingerprint density at radius 1 is 0.808 bits per heavy atom. The predicted molar refractivity (Wildman–Crippen MR) is 108 cm³/mol. The molecule has 2 aliphatic carbocycles. The Morgan fingerprint density at radius 2 is 1.58 bits per heavy atom. The zero-order valence-electron chi connectivity index (χ0n) is 16.2. The molecule has 142 valence electrons. The molecule has 2 saturated carbocycles. The van der Waals surface area contributed by atoms with Crippen LogP contribution in [-0.4, -0.2) is 12.6 Å². The van der Waals surface area contributed by atoms with Crippen molar-refractivity contribution < 1.29 is 4.74 Å². The minimum absolute atomic E-state index is 0.343. The van der Waals surface area contributed by atoms with Crippen molar-refractivity contribution in [1.29, 1.82) is 0 Å². The number of ether oxygens (including phenoxy) is 1. The van der Waals surface area contributed by atoms with Gasteiger partial charge in [-0.05, 0) is 62.0 Å². The molecule has 3 atom stereocenters. The van der Waals surface area contributed by atoms with E-state index >= 15 is 0 Å². The molecule has 2 aliphatic heterocycles. The van der Waals surface area contributed by atoms with Crippen LogP contribution in [-0.2, 0) is 4.74 Å². The molecule has 0 amide bonds. The maximum absolute atomic E-state index is 6.43. The van der Waals surface area contributed by atoms with Crippen molar-refractivity contribution in [2.75, 3.05) is 11.9 Å². The van der Waals surface area contributed by atoms with Gasteiger partial charge in [0.25, 0.3) is 0 Å². The molecule has 0 aromatic heterocycles. The fourth-order valence-corrected chi connectivity index (χ4v) is 6.38. The first kappa shape index (κ1) is 17.1. The van der Waals surface area contributed by atoms with E-state index in [1.807, 2.05) is 0 Å². The van der Waals surface area contributed by atoms with E-state index in [0.29, 0.717) is 18.1 Å². The molecule has 1 aromatic rings. The summed E-state index contributed by atoms with van der Waals surface area (Å²) < 4.78 is 6.43. The lowest BCUT2D eigenvalue weighted by molar-refractivity contribution is -0.0458. The van der Waals surface area contributed by atoms with Crippen LogP contribution in [0.4, 0.5) is 5.69 Å². The van der Waals surface area contributed by atoms with Crippen molar-refractivity contribution >= 4 is 5.69 Å². The van der Waals surface area contributed by atoms with Crippen molar-refractivity contribution in [1.82, 2.24) is 0 Å². The third kappa shape index (κ3) is 3.19. The summed E-state index contributed by atoms with van der Waals surface area (Å²) in [6, 6.07) is 7.97. The Hall–Kier alpha value is -1.02. The third-order valence-corrected chi connectivity index (χ3v) is 7.77. The van der Waals surface area contributed by atoms with Crippen LogP contribution in [0.2, 0.25) is 0 Å². The first-order valence-electron chi connectivity index (χ1n) is 11.4. The third-order valence-electron chi connectivity index (χ3n) is 7.77. The fraction of sp³-hybridized carbons (Fsp3) is 0.750. The van der Waals surface area contributed by atoms with Gasteiger partial charge in [-0.15, -0.1) is 0 Å². The van der Waals surface area contributed by atoms with Crippen molar-refractivity contribution in [3.63, 3.8) is 0 Å². The first-order valence-corrected chi connectivity index (χ1v) is 11.4. The maximum atomic E-state index is 6.43. The van der Waals surface area contributed by atoms with Crippen molar-refractivity contribution in [3.8, 4) is 0 Å². The van der Waals surface area contributed by atoms with E-state index in [-0.39, 0.29) is 0 Å². The van der Waals surface area contributed by atoms with Crippen molar-refractivity contribution in [3.05, 3.63) is 29.3 Å². The highest BCUT2D eigenvalue weighted by atomic mass is 16.5. The second-order valence-electron chi connectivity index (χ2n) is 9.35. The van der Waals surface area contributed by atoms with Gasteiger partial charge in [-0.2, -0.15) is 0 Å². The van der Waals surface area contributed by atoms with Gasteiger partial charge in [0.05, 0.1) is 6.10 Å². The van der Waals surface area contributed by atoms with E-state index < -0.39 is 0 Å². The van der Waals surface area contributed by atoms with E-state index in [1.54, 1.807) is 5.56 Å². The molecule has 3 fully saturated rings. The average molecular weight is 354 g/mol. The minimum atomic E-state index is 0.343. The lowest BCUT2D eigenvalue weighted by Crippen LogP contribution is -2.46. The summed E-state index contributed by atoms with van der Waals surface area (Å²) in [6.45, 7) is 0.950. The highest BCUT2D eigenvalue weighted by Crippen LogP contribution is 2.48. The molecule has 1 aromatic carbocycles. The average Bonchev–Trinajstić information content (AvgIpc) is 2.74. The number of nitrogens with one attached hydrogen (secondary N) is 1. The highest BCUT2D eigenvalue weighted by Gasteiger charge is 2.42. The molecular weight excluding hydrogens is 318 g/mol. The van der Waals surface area contributed by atoms with Gasteiger partial charge in [0.15, 0.2) is 0 Å². The summed E-state index contributed by atoms with van der Waals surface area (Å²) in [5.41, 5.74) is 4.43. The zero-order valence-corrected chi connectivity index (χ0v) is 16.2. The SMILES string of the molecule is c1cc2c(cc1C1CCCCC1)[C@H]1OCCC[C@H]1[C@@H](C1CCCCC1)N2. The van der Waals surface area contributed by atoms with E-state index in [0.717, 1.165) is 18.4 Å². The molecule has 5 rings (SSSR count). The smallest absolute Gasteiger partial charge is 0.0892 e. The quantitative estimate of drug-likeness (QED) is 0.648. The number of hydrogen-bond acceptors (Lipinski definition) is 2. The highest BCUT2D eigenvalue weighted by molar-refractivity contribution is 5.58. The molecular formula is C24H35NO. The second kappa shape index (κ2) is 7.54. The van der Waals surface area contributed by atoms with Gasteiger partial charge < -0.3 is 10.1 Å². The Morgan fingerprint density at radius 3 is 2.38 bits per heavy atom. The van der Waals surface area contributed by atoms with Crippen LogP contribution in [0.1, 0.15) is 100 Å². The number of anilines is 1. The summed E-state index contributed by atoms with van der Waals surface area (Å²) in [5, 5.41) is 4.02. The zero-order chi connectivity index (χ0) is 17.3. The van der Waals surface area contributed by atoms with Gasteiger partial charge >= 0.3 is 0 Å². The van der Waals surface area contributed by atoms with Gasteiger partial charge in [0.1, 0.15) is 0 Å². The van der Waals surface area contributed by atoms with E-state index in [1.165, 1.54) is 88.3 Å². The molecule has 0 bridgehead atoms. The van der Waals surface area contributed by atoms with Gasteiger partial charge in [0, 0.05) is 29.8 Å². The Labute approximate surface area is 159 Å². The molecule has 0 spiro atoms. The molecule has 1 saturated heterocycles. The van der Waals surface area contributed by atoms with Crippen LogP contribution in [0.25, 0.3) is 0 Å². The molecule has 1 N–H and O–H groups in total. The molecule has 0 radical (unpaired) electrons. The summed E-state index contributed by atoms with van der Waals surface area (Å²) >= 11 is 0. The monoisotopic (exact) mass is 353 g/mol. The first-order chi connectivity index (χ1) is 12.9. The summed E-state index contributed by atoms with van der Waals surface area (Å²) in [5.74, 6) is 2.32. The van der Waals surface area contributed by atoms with Crippen LogP contribution in [0.5, 0.6) is 0 Å². The van der Waals surface area contributed by atoms with Crippen molar-refractivity contribution in [2.45, 2.75) is 95.1 Å². The lowest BCUT2D eigenvalue weighted by atomic mass is 9.71. The van der Waals surface area contributed by atoms with Gasteiger partial charge in [-0.25, -0.2) is 0 Å². The molecule has 2 nitrogen and oxygen atoms in total.